The van der Waals surface area contributed by atoms with E-state index in [0.717, 1.165) is 17.4 Å². The number of aliphatic hydroxyl groups is 1. The maximum Gasteiger partial charge on any atom is 0.190 e. The third-order valence-electron chi connectivity index (χ3n) is 4.34. The van der Waals surface area contributed by atoms with Crippen LogP contribution in [0.5, 0.6) is 0 Å². The molecular formula is C18H19N9O2. The van der Waals surface area contributed by atoms with Gasteiger partial charge in [0.1, 0.15) is 0 Å². The van der Waals surface area contributed by atoms with Crippen molar-refractivity contribution < 1.29 is 9.90 Å². The van der Waals surface area contributed by atoms with Gasteiger partial charge < -0.3 is 10.8 Å². The topological polar surface area (TPSA) is 146 Å². The molecule has 4 heterocycles. The first-order chi connectivity index (χ1) is 14.2. The van der Waals surface area contributed by atoms with E-state index in [9.17, 15) is 4.79 Å². The van der Waals surface area contributed by atoms with E-state index in [1.165, 1.54) is 12.4 Å². The zero-order valence-electron chi connectivity index (χ0n) is 15.4. The first-order valence-corrected chi connectivity index (χ1v) is 8.84. The van der Waals surface area contributed by atoms with Crippen molar-refractivity contribution in [3.8, 4) is 0 Å². The number of fused-ring (bicyclic) bond motifs is 2. The van der Waals surface area contributed by atoms with Gasteiger partial charge in [-0.25, -0.2) is 14.5 Å². The number of aldehydes is 1. The van der Waals surface area contributed by atoms with Crippen molar-refractivity contribution in [3.05, 3.63) is 53.7 Å². The maximum absolute atomic E-state index is 11.2. The third-order valence-corrected chi connectivity index (χ3v) is 4.34. The predicted octanol–water partition coefficient (Wildman–Crippen LogP) is 0.151. The molecule has 4 rings (SSSR count). The molecule has 0 fully saturated rings. The van der Waals surface area contributed by atoms with E-state index in [2.05, 4.69) is 31.0 Å². The molecule has 1 aliphatic rings. The van der Waals surface area contributed by atoms with E-state index in [1.807, 2.05) is 12.1 Å². The lowest BCUT2D eigenvalue weighted by Gasteiger charge is -2.17. The Labute approximate surface area is 165 Å². The number of carbonyl (C=O) groups is 1. The van der Waals surface area contributed by atoms with E-state index >= 15 is 0 Å². The van der Waals surface area contributed by atoms with Gasteiger partial charge in [0.05, 0.1) is 48.9 Å². The third kappa shape index (κ3) is 3.63. The van der Waals surface area contributed by atoms with Crippen LogP contribution in [0.25, 0.3) is 11.1 Å². The highest BCUT2D eigenvalue weighted by molar-refractivity contribution is 6.08. The van der Waals surface area contributed by atoms with Crippen LogP contribution in [0.3, 0.4) is 0 Å². The molecule has 11 heteroatoms. The number of hydrogen-bond donors (Lipinski definition) is 4. The Hall–Kier alpha value is -3.83. The number of aliphatic imine (C=N–C) groups is 1. The summed E-state index contributed by atoms with van der Waals surface area (Å²) in [5, 5.41) is 14.8. The number of nitrogens with two attached hydrogens (primary N) is 1. The summed E-state index contributed by atoms with van der Waals surface area (Å²) in [6.45, 7) is 0.711. The van der Waals surface area contributed by atoms with Crippen LogP contribution >= 0.6 is 0 Å². The quantitative estimate of drug-likeness (QED) is 0.325. The van der Waals surface area contributed by atoms with Crippen molar-refractivity contribution in [3.63, 3.8) is 0 Å². The van der Waals surface area contributed by atoms with Gasteiger partial charge in [0.15, 0.2) is 17.9 Å². The lowest BCUT2D eigenvalue weighted by atomic mass is 10.2. The number of aliphatic hydroxyl groups excluding tert-OH is 1. The summed E-state index contributed by atoms with van der Waals surface area (Å²) in [6.07, 6.45) is 8.67. The van der Waals surface area contributed by atoms with Crippen molar-refractivity contribution >= 4 is 35.2 Å². The molecule has 3 aromatic heterocycles. The molecule has 0 aliphatic carbocycles. The summed E-state index contributed by atoms with van der Waals surface area (Å²) in [6, 6.07) is 3.82. The molecule has 0 aromatic carbocycles. The molecule has 0 unspecified atom stereocenters. The largest absolute Gasteiger partial charge is 0.404 e. The lowest BCUT2D eigenvalue weighted by molar-refractivity contribution is 0.112. The van der Waals surface area contributed by atoms with Crippen LogP contribution in [-0.4, -0.2) is 50.3 Å². The SMILES string of the molecule is NC=C(C=NCCO)c1cnc2c(n1)N(Cc1ccn3ncc(C=O)c3c1)NN2. The van der Waals surface area contributed by atoms with Gasteiger partial charge in [0.2, 0.25) is 0 Å². The molecule has 0 bridgehead atoms. The van der Waals surface area contributed by atoms with Gasteiger partial charge in [-0.2, -0.15) is 5.10 Å². The summed E-state index contributed by atoms with van der Waals surface area (Å²) >= 11 is 0. The molecule has 0 amide bonds. The number of rotatable bonds is 7. The van der Waals surface area contributed by atoms with E-state index in [0.29, 0.717) is 35.0 Å². The monoisotopic (exact) mass is 393 g/mol. The van der Waals surface area contributed by atoms with Gasteiger partial charge in [0, 0.05) is 24.2 Å². The number of carbonyl (C=O) groups excluding carboxylic acids is 1. The smallest absolute Gasteiger partial charge is 0.190 e. The Morgan fingerprint density at radius 2 is 2.28 bits per heavy atom. The van der Waals surface area contributed by atoms with Crippen LogP contribution in [0.1, 0.15) is 21.6 Å². The molecular weight excluding hydrogens is 374 g/mol. The van der Waals surface area contributed by atoms with Gasteiger partial charge in [-0.15, -0.1) is 5.53 Å². The van der Waals surface area contributed by atoms with Gasteiger partial charge in [-0.1, -0.05) is 0 Å². The minimum absolute atomic E-state index is 0.0425. The number of hydrazine groups is 2. The van der Waals surface area contributed by atoms with E-state index < -0.39 is 0 Å². The average Bonchev–Trinajstić information content (AvgIpc) is 3.34. The Bertz CT molecular complexity index is 1110. The molecule has 29 heavy (non-hydrogen) atoms. The normalized spacial score (nSPS) is 13.8. The van der Waals surface area contributed by atoms with Gasteiger partial charge in [0.25, 0.3) is 0 Å². The summed E-state index contributed by atoms with van der Waals surface area (Å²) in [7, 11) is 0. The van der Waals surface area contributed by atoms with E-state index in [1.54, 1.807) is 28.1 Å². The molecule has 148 valence electrons. The molecule has 3 aromatic rings. The van der Waals surface area contributed by atoms with Crippen LogP contribution in [0.2, 0.25) is 0 Å². The minimum atomic E-state index is -0.0425. The molecule has 11 nitrogen and oxygen atoms in total. The molecule has 5 N–H and O–H groups in total. The number of aromatic nitrogens is 4. The first kappa shape index (κ1) is 18.5. The van der Waals surface area contributed by atoms with Gasteiger partial charge >= 0.3 is 0 Å². The predicted molar refractivity (Wildman–Crippen MR) is 108 cm³/mol. The number of pyridine rings is 1. The molecule has 0 atom stereocenters. The van der Waals surface area contributed by atoms with Gasteiger partial charge in [-0.05, 0) is 17.7 Å². The number of nitrogens with one attached hydrogen (secondary N) is 2. The van der Waals surface area contributed by atoms with Crippen molar-refractivity contribution in [1.82, 2.24) is 25.1 Å². The number of anilines is 2. The Balaban J connectivity index is 1.60. The van der Waals surface area contributed by atoms with E-state index in [-0.39, 0.29) is 13.2 Å². The standard InChI is InChI=1S/C18H19N9O2/c19-6-13(7-20-2-4-28)15-9-21-17-18(23-15)27(25-24-17)10-12-1-3-26-16(5-12)14(11-29)8-22-26/h1,3,5-9,11,25,28H,2,4,10,19H2,(H,21,24). The molecule has 1 aliphatic heterocycles. The van der Waals surface area contributed by atoms with Crippen molar-refractivity contribution in [1.29, 1.82) is 0 Å². The Morgan fingerprint density at radius 3 is 3.07 bits per heavy atom. The summed E-state index contributed by atoms with van der Waals surface area (Å²) in [5.74, 6) is 1.18. The molecule has 0 spiro atoms. The molecule has 0 saturated heterocycles. The fourth-order valence-corrected chi connectivity index (χ4v) is 2.91. The van der Waals surface area contributed by atoms with E-state index in [4.69, 9.17) is 10.8 Å². The lowest BCUT2D eigenvalue weighted by Crippen LogP contribution is -2.35. The van der Waals surface area contributed by atoms with Crippen LogP contribution in [-0.2, 0) is 6.54 Å². The van der Waals surface area contributed by atoms with Crippen LogP contribution in [0.15, 0.2) is 41.9 Å². The zero-order chi connectivity index (χ0) is 20.2. The average molecular weight is 393 g/mol. The Kier molecular flexibility index (Phi) is 5.14. The van der Waals surface area contributed by atoms with Crippen LogP contribution in [0, 0.1) is 0 Å². The molecule has 0 radical (unpaired) electrons. The van der Waals surface area contributed by atoms with Crippen molar-refractivity contribution in [2.24, 2.45) is 10.7 Å². The fraction of sp³-hybridized carbons (Fsp3) is 0.167. The molecule has 0 saturated carbocycles. The van der Waals surface area contributed by atoms with Crippen LogP contribution in [0.4, 0.5) is 11.6 Å². The highest BCUT2D eigenvalue weighted by atomic mass is 16.3. The number of nitrogens with zero attached hydrogens (tertiary/aromatic N) is 6. The van der Waals surface area contributed by atoms with Crippen molar-refractivity contribution in [2.45, 2.75) is 6.54 Å². The maximum atomic E-state index is 11.2. The van der Waals surface area contributed by atoms with Crippen LogP contribution < -0.4 is 21.7 Å². The second kappa shape index (κ2) is 8.04. The Morgan fingerprint density at radius 1 is 1.38 bits per heavy atom. The zero-order valence-corrected chi connectivity index (χ0v) is 15.4. The summed E-state index contributed by atoms with van der Waals surface area (Å²) in [4.78, 5) is 24.3. The minimum Gasteiger partial charge on any atom is -0.404 e. The summed E-state index contributed by atoms with van der Waals surface area (Å²) in [5.41, 5.74) is 15.1. The highest BCUT2D eigenvalue weighted by Crippen LogP contribution is 2.27. The second-order valence-corrected chi connectivity index (χ2v) is 6.21. The number of hydrogen-bond acceptors (Lipinski definition) is 10. The van der Waals surface area contributed by atoms with Gasteiger partial charge in [-0.3, -0.25) is 20.2 Å². The van der Waals surface area contributed by atoms with Crippen molar-refractivity contribution in [2.75, 3.05) is 23.6 Å². The first-order valence-electron chi connectivity index (χ1n) is 8.84. The highest BCUT2D eigenvalue weighted by Gasteiger charge is 2.23. The number of allylic oxidation sites excluding steroid dienone is 1. The second-order valence-electron chi connectivity index (χ2n) is 6.21. The fourth-order valence-electron chi connectivity index (χ4n) is 2.91. The summed E-state index contributed by atoms with van der Waals surface area (Å²) < 4.78 is 1.65.